The van der Waals surface area contributed by atoms with Crippen LogP contribution in [0.5, 0.6) is 0 Å². The van der Waals surface area contributed by atoms with Gasteiger partial charge in [-0.05, 0) is 64.2 Å². The molecule has 0 heterocycles. The normalized spacial score (nSPS) is 12.3. The lowest BCUT2D eigenvalue weighted by Gasteiger charge is -2.18. The lowest BCUT2D eigenvalue weighted by molar-refractivity contribution is -0.166. The Kier molecular flexibility index (Phi) is 41.5. The van der Waals surface area contributed by atoms with Crippen LogP contribution < -0.4 is 0 Å². The van der Waals surface area contributed by atoms with E-state index >= 15 is 0 Å². The van der Waals surface area contributed by atoms with Crippen LogP contribution in [0.15, 0.2) is 36.5 Å². The predicted octanol–water partition coefficient (Wildman–Crippen LogP) is 14.6. The fourth-order valence-corrected chi connectivity index (χ4v) is 6.37. The van der Waals surface area contributed by atoms with E-state index in [0.29, 0.717) is 19.3 Å². The molecule has 0 saturated heterocycles. The summed E-state index contributed by atoms with van der Waals surface area (Å²) in [4.78, 5) is 37.6. The summed E-state index contributed by atoms with van der Waals surface area (Å²) < 4.78 is 16.6. The van der Waals surface area contributed by atoms with Crippen LogP contribution in [-0.2, 0) is 28.6 Å². The number of carbonyl (C=O) groups is 3. The average Bonchev–Trinajstić information content (AvgIpc) is 3.17. The van der Waals surface area contributed by atoms with Crippen LogP contribution in [0.3, 0.4) is 0 Å². The van der Waals surface area contributed by atoms with Gasteiger partial charge >= 0.3 is 17.9 Å². The minimum Gasteiger partial charge on any atom is -0.462 e. The average molecular weight is 759 g/mol. The second kappa shape index (κ2) is 43.4. The van der Waals surface area contributed by atoms with E-state index in [1.807, 2.05) is 6.08 Å². The summed E-state index contributed by atoms with van der Waals surface area (Å²) in [6, 6.07) is 0. The Morgan fingerprint density at radius 3 is 1.13 bits per heavy atom. The van der Waals surface area contributed by atoms with Crippen molar-refractivity contribution in [3.8, 4) is 0 Å². The van der Waals surface area contributed by atoms with Gasteiger partial charge in [0.05, 0.1) is 0 Å². The third-order valence-corrected chi connectivity index (χ3v) is 9.88. The van der Waals surface area contributed by atoms with E-state index in [-0.39, 0.29) is 37.5 Å². The largest absolute Gasteiger partial charge is 0.462 e. The third kappa shape index (κ3) is 40.8. The molecule has 0 aliphatic rings. The van der Waals surface area contributed by atoms with Crippen LogP contribution in [0, 0.1) is 0 Å². The fourth-order valence-electron chi connectivity index (χ4n) is 6.37. The minimum atomic E-state index is -0.802. The number of allylic oxidation sites excluding steroid dienone is 6. The zero-order valence-electron chi connectivity index (χ0n) is 35.7. The predicted molar refractivity (Wildman–Crippen MR) is 229 cm³/mol. The van der Waals surface area contributed by atoms with E-state index in [2.05, 4.69) is 51.2 Å². The van der Waals surface area contributed by atoms with Crippen molar-refractivity contribution in [2.75, 3.05) is 13.2 Å². The molecule has 6 heteroatoms. The molecule has 54 heavy (non-hydrogen) atoms. The van der Waals surface area contributed by atoms with E-state index in [9.17, 15) is 14.4 Å². The van der Waals surface area contributed by atoms with Crippen molar-refractivity contribution in [1.82, 2.24) is 0 Å². The van der Waals surface area contributed by atoms with Gasteiger partial charge in [0.25, 0.3) is 0 Å². The molecule has 0 aromatic rings. The molecule has 0 aliphatic heterocycles. The molecule has 0 fully saturated rings. The van der Waals surface area contributed by atoms with Crippen molar-refractivity contribution in [3.05, 3.63) is 36.5 Å². The van der Waals surface area contributed by atoms with E-state index in [4.69, 9.17) is 14.2 Å². The van der Waals surface area contributed by atoms with Gasteiger partial charge in [-0.15, -0.1) is 0 Å². The van der Waals surface area contributed by atoms with Gasteiger partial charge in [-0.1, -0.05) is 186 Å². The first kappa shape index (κ1) is 51.6. The Balaban J connectivity index is 4.44. The maximum absolute atomic E-state index is 12.7. The number of rotatable bonds is 41. The molecule has 0 radical (unpaired) electrons. The summed E-state index contributed by atoms with van der Waals surface area (Å²) in [5.41, 5.74) is 0. The number of hydrogen-bond acceptors (Lipinski definition) is 6. The second-order valence-electron chi connectivity index (χ2n) is 15.3. The van der Waals surface area contributed by atoms with Gasteiger partial charge in [0.2, 0.25) is 0 Å². The van der Waals surface area contributed by atoms with Gasteiger partial charge in [-0.3, -0.25) is 14.4 Å². The molecular formula is C48H86O6. The van der Waals surface area contributed by atoms with Crippen molar-refractivity contribution in [2.45, 2.75) is 239 Å². The maximum Gasteiger partial charge on any atom is 0.306 e. The number of esters is 3. The summed E-state index contributed by atoms with van der Waals surface area (Å²) in [7, 11) is 0. The molecule has 0 rings (SSSR count). The van der Waals surface area contributed by atoms with Crippen molar-refractivity contribution in [1.29, 1.82) is 0 Å². The first-order chi connectivity index (χ1) is 26.5. The highest BCUT2D eigenvalue weighted by Crippen LogP contribution is 2.13. The lowest BCUT2D eigenvalue weighted by atomic mass is 10.1. The molecule has 1 atom stereocenters. The van der Waals surface area contributed by atoms with Gasteiger partial charge in [0.1, 0.15) is 13.2 Å². The van der Waals surface area contributed by atoms with Crippen LogP contribution in [0.2, 0.25) is 0 Å². The third-order valence-electron chi connectivity index (χ3n) is 9.88. The summed E-state index contributed by atoms with van der Waals surface area (Å²) in [5.74, 6) is -0.984. The standard InChI is InChI=1S/C48H86O6/c1-4-7-10-13-16-19-21-23-25-26-29-32-35-38-41-47(50)53-44-45(43-52-46(49)40-37-34-31-28-18-15-12-9-6-3)54-48(51)42-39-36-33-30-27-24-22-20-17-14-11-8-5-2/h24-27,33,36,45H,4-23,28-32,34-35,37-44H2,1-3H3/b26-25-,27-24-,36-33-. The van der Waals surface area contributed by atoms with Crippen LogP contribution in [0.1, 0.15) is 233 Å². The van der Waals surface area contributed by atoms with Gasteiger partial charge in [-0.2, -0.15) is 0 Å². The highest BCUT2D eigenvalue weighted by Gasteiger charge is 2.19. The zero-order valence-corrected chi connectivity index (χ0v) is 35.7. The van der Waals surface area contributed by atoms with E-state index in [1.165, 1.54) is 122 Å². The van der Waals surface area contributed by atoms with E-state index < -0.39 is 6.10 Å². The van der Waals surface area contributed by atoms with Gasteiger partial charge in [0.15, 0.2) is 6.10 Å². The minimum absolute atomic E-state index is 0.0975. The van der Waals surface area contributed by atoms with Crippen molar-refractivity contribution in [2.24, 2.45) is 0 Å². The maximum atomic E-state index is 12.7. The van der Waals surface area contributed by atoms with Crippen molar-refractivity contribution in [3.63, 3.8) is 0 Å². The SMILES string of the molecule is CCCCCCCC/C=C\C/C=C\CCC(=O)OC(COC(=O)CCCCC/C=C\CCCCCCCCC)COC(=O)CCCCCCCCCCC. The summed E-state index contributed by atoms with van der Waals surface area (Å²) in [5, 5.41) is 0. The first-order valence-electron chi connectivity index (χ1n) is 23.0. The number of unbranched alkanes of at least 4 members (excludes halogenated alkanes) is 24. The lowest BCUT2D eigenvalue weighted by Crippen LogP contribution is -2.30. The molecule has 0 aromatic carbocycles. The molecule has 6 nitrogen and oxygen atoms in total. The Labute approximate surface area is 334 Å². The Hall–Kier alpha value is -2.37. The van der Waals surface area contributed by atoms with Crippen LogP contribution in [-0.4, -0.2) is 37.2 Å². The molecule has 0 spiro atoms. The van der Waals surface area contributed by atoms with Gasteiger partial charge in [-0.25, -0.2) is 0 Å². The monoisotopic (exact) mass is 759 g/mol. The zero-order chi connectivity index (χ0) is 39.4. The molecule has 0 saturated carbocycles. The molecule has 314 valence electrons. The van der Waals surface area contributed by atoms with E-state index in [1.54, 1.807) is 0 Å². The highest BCUT2D eigenvalue weighted by atomic mass is 16.6. The number of hydrogen-bond donors (Lipinski definition) is 0. The molecule has 1 unspecified atom stereocenters. The molecule has 0 bridgehead atoms. The Morgan fingerprint density at radius 1 is 0.370 bits per heavy atom. The second-order valence-corrected chi connectivity index (χ2v) is 15.3. The number of ether oxygens (including phenoxy) is 3. The summed E-state index contributed by atoms with van der Waals surface area (Å²) in [6.07, 6.45) is 48.6. The topological polar surface area (TPSA) is 78.9 Å². The highest BCUT2D eigenvalue weighted by molar-refractivity contribution is 5.71. The van der Waals surface area contributed by atoms with E-state index in [0.717, 1.165) is 64.2 Å². The molecular weight excluding hydrogens is 673 g/mol. The smallest absolute Gasteiger partial charge is 0.306 e. The van der Waals surface area contributed by atoms with Gasteiger partial charge < -0.3 is 14.2 Å². The quantitative estimate of drug-likeness (QED) is 0.0267. The van der Waals surface area contributed by atoms with Crippen LogP contribution >= 0.6 is 0 Å². The van der Waals surface area contributed by atoms with Crippen molar-refractivity contribution >= 4 is 17.9 Å². The summed E-state index contributed by atoms with van der Waals surface area (Å²) >= 11 is 0. The fraction of sp³-hybridized carbons (Fsp3) is 0.812. The molecule has 0 aromatic heterocycles. The first-order valence-corrected chi connectivity index (χ1v) is 23.0. The van der Waals surface area contributed by atoms with Crippen LogP contribution in [0.25, 0.3) is 0 Å². The van der Waals surface area contributed by atoms with Gasteiger partial charge in [0, 0.05) is 19.3 Å². The Bertz CT molecular complexity index is 922. The molecule has 0 N–H and O–H groups in total. The van der Waals surface area contributed by atoms with Crippen molar-refractivity contribution < 1.29 is 28.6 Å². The van der Waals surface area contributed by atoms with Crippen LogP contribution in [0.4, 0.5) is 0 Å². The molecule has 0 amide bonds. The molecule has 0 aliphatic carbocycles. The number of carbonyl (C=O) groups excluding carboxylic acids is 3. The Morgan fingerprint density at radius 2 is 0.704 bits per heavy atom. The summed E-state index contributed by atoms with van der Waals surface area (Å²) in [6.45, 7) is 6.54.